The summed E-state index contributed by atoms with van der Waals surface area (Å²) in [7, 11) is 1.51. The van der Waals surface area contributed by atoms with Crippen LogP contribution >= 0.6 is 11.6 Å². The molecule has 0 saturated carbocycles. The number of nitrogens with one attached hydrogen (secondary N) is 2. The van der Waals surface area contributed by atoms with E-state index in [2.05, 4.69) is 10.6 Å². The molecule has 29 heavy (non-hydrogen) atoms. The minimum absolute atomic E-state index is 0.0410. The Morgan fingerprint density at radius 1 is 1.21 bits per heavy atom. The molecule has 0 spiro atoms. The average molecular weight is 422 g/mol. The lowest BCUT2D eigenvalue weighted by Gasteiger charge is -2.10. The van der Waals surface area contributed by atoms with Gasteiger partial charge in [0.15, 0.2) is 6.61 Å². The van der Waals surface area contributed by atoms with E-state index in [-0.39, 0.29) is 16.9 Å². The third kappa shape index (κ3) is 6.16. The molecule has 2 N–H and O–H groups in total. The number of hydrogen-bond donors (Lipinski definition) is 2. The minimum Gasteiger partial charge on any atom is -0.452 e. The number of hydrogen-bond acceptors (Lipinski definition) is 7. The number of halogens is 1. The van der Waals surface area contributed by atoms with Crippen LogP contribution in [0.1, 0.15) is 15.9 Å². The molecule has 0 radical (unpaired) electrons. The van der Waals surface area contributed by atoms with Crippen molar-refractivity contribution >= 4 is 40.5 Å². The van der Waals surface area contributed by atoms with E-state index < -0.39 is 23.4 Å². The van der Waals surface area contributed by atoms with Gasteiger partial charge in [0.05, 0.1) is 17.1 Å². The Hall–Kier alpha value is -3.17. The summed E-state index contributed by atoms with van der Waals surface area (Å²) in [6, 6.07) is 8.91. The van der Waals surface area contributed by atoms with Gasteiger partial charge in [-0.25, -0.2) is 4.79 Å². The molecule has 0 heterocycles. The Morgan fingerprint density at radius 2 is 1.97 bits per heavy atom. The summed E-state index contributed by atoms with van der Waals surface area (Å²) >= 11 is 5.99. The third-order valence-electron chi connectivity index (χ3n) is 3.93. The first-order valence-electron chi connectivity index (χ1n) is 8.56. The van der Waals surface area contributed by atoms with Crippen molar-refractivity contribution < 1.29 is 24.0 Å². The molecule has 2 aromatic carbocycles. The van der Waals surface area contributed by atoms with E-state index >= 15 is 0 Å². The smallest absolute Gasteiger partial charge is 0.338 e. The molecule has 0 aliphatic rings. The lowest BCUT2D eigenvalue weighted by molar-refractivity contribution is -0.384. The molecule has 154 valence electrons. The van der Waals surface area contributed by atoms with Gasteiger partial charge in [0.2, 0.25) is 0 Å². The standard InChI is InChI=1S/C19H20ClN3O6/c1-12-14(20)4-3-5-15(12)22-18(24)11-29-19(25)13-6-7-16(21-8-9-28-2)17(10-13)23(26)27/h3-7,10,21H,8-9,11H2,1-2H3,(H,22,24). The van der Waals surface area contributed by atoms with Crippen molar-refractivity contribution in [1.82, 2.24) is 0 Å². The van der Waals surface area contributed by atoms with E-state index in [0.29, 0.717) is 29.4 Å². The number of anilines is 2. The maximum Gasteiger partial charge on any atom is 0.338 e. The van der Waals surface area contributed by atoms with E-state index in [1.165, 1.54) is 19.2 Å². The Labute approximate surface area is 172 Å². The summed E-state index contributed by atoms with van der Waals surface area (Å²) in [5.41, 5.74) is 1.11. The van der Waals surface area contributed by atoms with Crippen molar-refractivity contribution in [3.63, 3.8) is 0 Å². The Balaban J connectivity index is 2.00. The van der Waals surface area contributed by atoms with Gasteiger partial charge in [0.1, 0.15) is 5.69 Å². The summed E-state index contributed by atoms with van der Waals surface area (Å²) < 4.78 is 9.84. The summed E-state index contributed by atoms with van der Waals surface area (Å²) in [5.74, 6) is -1.41. The number of nitro groups is 1. The number of carbonyl (C=O) groups is 2. The average Bonchev–Trinajstić information content (AvgIpc) is 2.70. The van der Waals surface area contributed by atoms with Gasteiger partial charge in [0, 0.05) is 30.4 Å². The van der Waals surface area contributed by atoms with Gasteiger partial charge in [-0.3, -0.25) is 14.9 Å². The molecule has 0 bridgehead atoms. The number of esters is 1. The molecule has 0 fully saturated rings. The second-order valence-electron chi connectivity index (χ2n) is 5.95. The lowest BCUT2D eigenvalue weighted by Crippen LogP contribution is -2.21. The van der Waals surface area contributed by atoms with Crippen LogP contribution in [0.4, 0.5) is 17.1 Å². The highest BCUT2D eigenvalue weighted by Gasteiger charge is 2.19. The maximum absolute atomic E-state index is 12.2. The van der Waals surface area contributed by atoms with E-state index in [1.54, 1.807) is 25.1 Å². The highest BCUT2D eigenvalue weighted by Crippen LogP contribution is 2.26. The van der Waals surface area contributed by atoms with Crippen molar-refractivity contribution in [2.24, 2.45) is 0 Å². The van der Waals surface area contributed by atoms with Crippen molar-refractivity contribution in [1.29, 1.82) is 0 Å². The Kier molecular flexibility index (Phi) is 7.93. The summed E-state index contributed by atoms with van der Waals surface area (Å²) in [6.07, 6.45) is 0. The molecule has 2 rings (SSSR count). The highest BCUT2D eigenvalue weighted by molar-refractivity contribution is 6.31. The van der Waals surface area contributed by atoms with Gasteiger partial charge >= 0.3 is 5.97 Å². The SMILES string of the molecule is COCCNc1ccc(C(=O)OCC(=O)Nc2cccc(Cl)c2C)cc1[N+](=O)[O-]. The number of carbonyl (C=O) groups excluding carboxylic acids is 2. The molecule has 0 saturated heterocycles. The van der Waals surface area contributed by atoms with Crippen molar-refractivity contribution in [3.05, 3.63) is 62.7 Å². The van der Waals surface area contributed by atoms with Gasteiger partial charge in [-0.1, -0.05) is 17.7 Å². The molecule has 9 nitrogen and oxygen atoms in total. The molecule has 0 aromatic heterocycles. The Morgan fingerprint density at radius 3 is 2.66 bits per heavy atom. The molecule has 1 amide bonds. The molecule has 10 heteroatoms. The number of nitrogens with zero attached hydrogens (tertiary/aromatic N) is 1. The monoisotopic (exact) mass is 421 g/mol. The zero-order valence-corrected chi connectivity index (χ0v) is 16.6. The van der Waals surface area contributed by atoms with Crippen molar-refractivity contribution in [2.45, 2.75) is 6.92 Å². The van der Waals surface area contributed by atoms with Crippen LogP contribution in [0.2, 0.25) is 5.02 Å². The largest absolute Gasteiger partial charge is 0.452 e. The van der Waals surface area contributed by atoms with Crippen LogP contribution in [0.5, 0.6) is 0 Å². The number of benzene rings is 2. The van der Waals surface area contributed by atoms with Crippen molar-refractivity contribution in [2.75, 3.05) is 37.5 Å². The predicted octanol–water partition coefficient (Wildman–Crippen LogP) is 3.41. The van der Waals surface area contributed by atoms with E-state index in [4.69, 9.17) is 21.1 Å². The molecule has 0 unspecified atom stereocenters. The third-order valence-corrected chi connectivity index (χ3v) is 4.34. The summed E-state index contributed by atoms with van der Waals surface area (Å²) in [5, 5.41) is 17.2. The number of ether oxygens (including phenoxy) is 2. The van der Waals surface area contributed by atoms with Gasteiger partial charge in [-0.2, -0.15) is 0 Å². The fourth-order valence-electron chi connectivity index (χ4n) is 2.39. The van der Waals surface area contributed by atoms with Gasteiger partial charge < -0.3 is 20.1 Å². The first-order valence-corrected chi connectivity index (χ1v) is 8.94. The molecular weight excluding hydrogens is 402 g/mol. The van der Waals surface area contributed by atoms with E-state index in [9.17, 15) is 19.7 Å². The molecule has 0 aliphatic carbocycles. The van der Waals surface area contributed by atoms with Gasteiger partial charge in [-0.05, 0) is 36.8 Å². The predicted molar refractivity (Wildman–Crippen MR) is 109 cm³/mol. The number of nitro benzene ring substituents is 1. The van der Waals surface area contributed by atoms with Gasteiger partial charge in [-0.15, -0.1) is 0 Å². The maximum atomic E-state index is 12.2. The number of rotatable bonds is 9. The van der Waals surface area contributed by atoms with Crippen LogP contribution in [0, 0.1) is 17.0 Å². The second-order valence-corrected chi connectivity index (χ2v) is 6.35. The zero-order chi connectivity index (χ0) is 21.4. The summed E-state index contributed by atoms with van der Waals surface area (Å²) in [6.45, 7) is 1.92. The van der Waals surface area contributed by atoms with Crippen LogP contribution in [0.15, 0.2) is 36.4 Å². The zero-order valence-electron chi connectivity index (χ0n) is 15.9. The molecule has 0 aliphatic heterocycles. The number of amides is 1. The fourth-order valence-corrected chi connectivity index (χ4v) is 2.57. The van der Waals surface area contributed by atoms with E-state index in [0.717, 1.165) is 6.07 Å². The number of methoxy groups -OCH3 is 1. The molecule has 0 atom stereocenters. The topological polar surface area (TPSA) is 120 Å². The molecular formula is C19H20ClN3O6. The van der Waals surface area contributed by atoms with Crippen LogP contribution in [-0.2, 0) is 14.3 Å². The van der Waals surface area contributed by atoms with Crippen LogP contribution in [0.3, 0.4) is 0 Å². The minimum atomic E-state index is -0.852. The van der Waals surface area contributed by atoms with E-state index in [1.807, 2.05) is 0 Å². The Bertz CT molecular complexity index is 919. The first-order chi connectivity index (χ1) is 13.8. The quantitative estimate of drug-likeness (QED) is 0.275. The summed E-state index contributed by atoms with van der Waals surface area (Å²) in [4.78, 5) is 34.9. The van der Waals surface area contributed by atoms with Gasteiger partial charge in [0.25, 0.3) is 11.6 Å². The second kappa shape index (κ2) is 10.4. The highest BCUT2D eigenvalue weighted by atomic mass is 35.5. The van der Waals surface area contributed by atoms with Crippen LogP contribution in [0.25, 0.3) is 0 Å². The molecule has 2 aromatic rings. The fraction of sp³-hybridized carbons (Fsp3) is 0.263. The van der Waals surface area contributed by atoms with Crippen LogP contribution < -0.4 is 10.6 Å². The normalized spacial score (nSPS) is 10.3. The first kappa shape index (κ1) is 22.1. The van der Waals surface area contributed by atoms with Crippen LogP contribution in [-0.4, -0.2) is 43.7 Å². The van der Waals surface area contributed by atoms with Crippen molar-refractivity contribution in [3.8, 4) is 0 Å². The lowest BCUT2D eigenvalue weighted by atomic mass is 10.1.